The molecule has 0 fully saturated rings. The summed E-state index contributed by atoms with van der Waals surface area (Å²) < 4.78 is 30.5. The van der Waals surface area contributed by atoms with E-state index < -0.39 is 10.0 Å². The maximum Gasteiger partial charge on any atom is 0.286 e. The van der Waals surface area contributed by atoms with Crippen LogP contribution in [0.25, 0.3) is 0 Å². The molecule has 0 N–H and O–H groups in total. The largest absolute Gasteiger partial charge is 0.310 e. The number of sulfonamides is 1. The number of benzene rings is 1. The van der Waals surface area contributed by atoms with Gasteiger partial charge in [-0.2, -0.15) is 18.9 Å². The normalized spacial score (nSPS) is 12.2. The van der Waals surface area contributed by atoms with Crippen molar-refractivity contribution in [3.05, 3.63) is 44.2 Å². The van der Waals surface area contributed by atoms with Gasteiger partial charge in [-0.3, -0.25) is 0 Å². The second-order valence-electron chi connectivity index (χ2n) is 5.25. The lowest BCUT2D eigenvalue weighted by Crippen LogP contribution is -2.14. The first-order valence-corrected chi connectivity index (χ1v) is 9.45. The molecule has 0 aliphatic heterocycles. The molecule has 1 aromatic carbocycles. The summed E-state index contributed by atoms with van der Waals surface area (Å²) in [5, 5.41) is 18.5. The van der Waals surface area contributed by atoms with Crippen LogP contribution in [-0.4, -0.2) is 13.0 Å². The summed E-state index contributed by atoms with van der Waals surface area (Å²) in [4.78, 5) is 0.731. The van der Waals surface area contributed by atoms with Crippen molar-refractivity contribution in [3.63, 3.8) is 0 Å². The molecule has 0 aliphatic carbocycles. The summed E-state index contributed by atoms with van der Waals surface area (Å²) in [5.41, 5.74) is 0.0753. The topological polar surface area (TPSA) is 99.0 Å². The van der Waals surface area contributed by atoms with Crippen molar-refractivity contribution in [1.82, 2.24) is 4.57 Å². The van der Waals surface area contributed by atoms with Gasteiger partial charge in [0.15, 0.2) is 0 Å². The zero-order chi connectivity index (χ0) is 18.1. The Balaban J connectivity index is 2.73. The molecule has 0 radical (unpaired) electrons. The number of hydrogen-bond donors (Lipinski definition) is 0. The number of aromatic nitrogens is 1. The van der Waals surface area contributed by atoms with Crippen LogP contribution in [0.2, 0.25) is 5.15 Å². The van der Waals surface area contributed by atoms with E-state index in [0.29, 0.717) is 5.15 Å². The number of thiazole rings is 1. The second kappa shape index (κ2) is 6.78. The average molecular weight is 381 g/mol. The summed E-state index contributed by atoms with van der Waals surface area (Å²) in [6.45, 7) is 3.89. The fraction of sp³-hybridized carbons (Fsp3) is 0.267. The Morgan fingerprint density at radius 2 is 1.96 bits per heavy atom. The van der Waals surface area contributed by atoms with Gasteiger partial charge in [0, 0.05) is 11.9 Å². The Kier molecular flexibility index (Phi) is 5.14. The van der Waals surface area contributed by atoms with Crippen LogP contribution in [0.4, 0.5) is 0 Å². The van der Waals surface area contributed by atoms with Gasteiger partial charge >= 0.3 is 0 Å². The van der Waals surface area contributed by atoms with E-state index >= 15 is 0 Å². The standard InChI is InChI=1S/C15H13ClN4O2S2/c1-9(2)13-14(16)20(3)15(23-13)19-24(21,22)12-6-10(7-17)4-5-11(12)8-18/h4-6,9H,1-3H3/b19-15+. The minimum absolute atomic E-state index is 0.0628. The molecule has 2 rings (SSSR count). The summed E-state index contributed by atoms with van der Waals surface area (Å²) >= 11 is 7.39. The smallest absolute Gasteiger partial charge is 0.286 e. The Bertz CT molecular complexity index is 1050. The van der Waals surface area contributed by atoms with Gasteiger partial charge in [-0.15, -0.1) is 4.40 Å². The molecule has 124 valence electrons. The average Bonchev–Trinajstić information content (AvgIpc) is 2.82. The zero-order valence-electron chi connectivity index (χ0n) is 13.1. The van der Waals surface area contributed by atoms with Crippen molar-refractivity contribution in [3.8, 4) is 12.1 Å². The third kappa shape index (κ3) is 3.36. The van der Waals surface area contributed by atoms with E-state index in [4.69, 9.17) is 22.1 Å². The van der Waals surface area contributed by atoms with Crippen LogP contribution in [0.1, 0.15) is 35.8 Å². The lowest BCUT2D eigenvalue weighted by molar-refractivity contribution is 0.595. The molecular weight excluding hydrogens is 368 g/mol. The molecule has 0 aliphatic rings. The quantitative estimate of drug-likeness (QED) is 0.817. The van der Waals surface area contributed by atoms with Crippen molar-refractivity contribution < 1.29 is 8.42 Å². The maximum absolute atomic E-state index is 12.6. The Morgan fingerprint density at radius 3 is 2.46 bits per heavy atom. The van der Waals surface area contributed by atoms with E-state index in [1.54, 1.807) is 7.05 Å². The lowest BCUT2D eigenvalue weighted by atomic mass is 10.2. The highest BCUT2D eigenvalue weighted by Gasteiger charge is 2.20. The number of rotatable bonds is 3. The van der Waals surface area contributed by atoms with Crippen LogP contribution in [0, 0.1) is 22.7 Å². The third-order valence-electron chi connectivity index (χ3n) is 3.22. The van der Waals surface area contributed by atoms with Crippen molar-refractivity contribution in [1.29, 1.82) is 10.5 Å². The molecule has 0 amide bonds. The van der Waals surface area contributed by atoms with Gasteiger partial charge < -0.3 is 4.57 Å². The van der Waals surface area contributed by atoms with Gasteiger partial charge in [0.05, 0.1) is 17.2 Å². The van der Waals surface area contributed by atoms with Gasteiger partial charge in [0.25, 0.3) is 10.0 Å². The molecule has 0 bridgehead atoms. The van der Waals surface area contributed by atoms with Crippen molar-refractivity contribution >= 4 is 33.0 Å². The molecule has 9 heteroatoms. The first-order valence-electron chi connectivity index (χ1n) is 6.81. The highest BCUT2D eigenvalue weighted by atomic mass is 35.5. The van der Waals surface area contributed by atoms with E-state index in [1.807, 2.05) is 26.0 Å². The van der Waals surface area contributed by atoms with Crippen LogP contribution in [0.15, 0.2) is 27.5 Å². The molecule has 0 spiro atoms. The predicted octanol–water partition coefficient (Wildman–Crippen LogP) is 2.90. The third-order valence-corrected chi connectivity index (χ3v) is 6.64. The maximum atomic E-state index is 12.6. The molecule has 0 unspecified atom stereocenters. The highest BCUT2D eigenvalue weighted by Crippen LogP contribution is 2.27. The van der Waals surface area contributed by atoms with E-state index in [-0.39, 0.29) is 26.7 Å². The number of halogens is 1. The molecule has 0 atom stereocenters. The van der Waals surface area contributed by atoms with E-state index in [9.17, 15) is 8.42 Å². The molecule has 0 saturated carbocycles. The molecule has 24 heavy (non-hydrogen) atoms. The lowest BCUT2D eigenvalue weighted by Gasteiger charge is -2.02. The summed E-state index contributed by atoms with van der Waals surface area (Å²) in [5.74, 6) is 0.122. The zero-order valence-corrected chi connectivity index (χ0v) is 15.5. The summed E-state index contributed by atoms with van der Waals surface area (Å²) in [6, 6.07) is 7.49. The Hall–Kier alpha value is -2.13. The molecule has 6 nitrogen and oxygen atoms in total. The first kappa shape index (κ1) is 18.2. The fourth-order valence-electron chi connectivity index (χ4n) is 1.94. The number of hydrogen-bond acceptors (Lipinski definition) is 5. The predicted molar refractivity (Wildman–Crippen MR) is 91.0 cm³/mol. The first-order chi connectivity index (χ1) is 11.2. The Labute approximate surface area is 148 Å². The summed E-state index contributed by atoms with van der Waals surface area (Å²) in [6.07, 6.45) is 0. The van der Waals surface area contributed by atoms with E-state index in [0.717, 1.165) is 10.9 Å². The van der Waals surface area contributed by atoms with E-state index in [1.165, 1.54) is 28.0 Å². The van der Waals surface area contributed by atoms with Crippen LogP contribution >= 0.6 is 22.9 Å². The van der Waals surface area contributed by atoms with Gasteiger partial charge in [0.2, 0.25) is 4.80 Å². The molecular formula is C15H13ClN4O2S2. The molecule has 1 heterocycles. The molecule has 0 saturated heterocycles. The SMILES string of the molecule is CC(C)c1s/c(=N/S(=O)(=O)c2cc(C#N)ccc2C#N)n(C)c1Cl. The fourth-order valence-corrected chi connectivity index (χ4v) is 4.83. The molecule has 2 aromatic rings. The highest BCUT2D eigenvalue weighted by molar-refractivity contribution is 7.90. The van der Waals surface area contributed by atoms with Crippen molar-refractivity contribution in [2.24, 2.45) is 11.4 Å². The second-order valence-corrected chi connectivity index (χ2v) is 8.19. The van der Waals surface area contributed by atoms with Crippen LogP contribution in [0.3, 0.4) is 0 Å². The van der Waals surface area contributed by atoms with Gasteiger partial charge in [-0.1, -0.05) is 36.8 Å². The number of nitriles is 2. The van der Waals surface area contributed by atoms with Crippen molar-refractivity contribution in [2.75, 3.05) is 0 Å². The monoisotopic (exact) mass is 380 g/mol. The number of nitrogens with zero attached hydrogens (tertiary/aromatic N) is 4. The van der Waals surface area contributed by atoms with Gasteiger partial charge in [0.1, 0.15) is 16.1 Å². The molecule has 1 aromatic heterocycles. The van der Waals surface area contributed by atoms with Crippen LogP contribution in [0.5, 0.6) is 0 Å². The van der Waals surface area contributed by atoms with Crippen molar-refractivity contribution in [2.45, 2.75) is 24.7 Å². The van der Waals surface area contributed by atoms with Gasteiger partial charge in [-0.25, -0.2) is 0 Å². The van der Waals surface area contributed by atoms with E-state index in [2.05, 4.69) is 4.40 Å². The minimum Gasteiger partial charge on any atom is -0.310 e. The van der Waals surface area contributed by atoms with Crippen LogP contribution < -0.4 is 4.80 Å². The van der Waals surface area contributed by atoms with Gasteiger partial charge in [-0.05, 0) is 24.1 Å². The van der Waals surface area contributed by atoms with Crippen LogP contribution in [-0.2, 0) is 17.1 Å². The Morgan fingerprint density at radius 1 is 1.29 bits per heavy atom. The minimum atomic E-state index is -4.16. The summed E-state index contributed by atoms with van der Waals surface area (Å²) in [7, 11) is -2.54.